The number of nitrogens with one attached hydrogen (secondary N) is 2. The van der Waals surface area contributed by atoms with Crippen LogP contribution in [0.2, 0.25) is 0 Å². The molecule has 1 aromatic heterocycles. The maximum Gasteiger partial charge on any atom is 0.306 e. The number of rotatable bonds is 5. The summed E-state index contributed by atoms with van der Waals surface area (Å²) in [6, 6.07) is 13.7. The third kappa shape index (κ3) is 4.24. The molecule has 0 atom stereocenters. The van der Waals surface area contributed by atoms with Gasteiger partial charge in [-0.2, -0.15) is 13.5 Å². The highest BCUT2D eigenvalue weighted by atomic mass is 32.2. The van der Waals surface area contributed by atoms with Gasteiger partial charge < -0.3 is 9.17 Å². The van der Waals surface area contributed by atoms with Gasteiger partial charge in [0.05, 0.1) is 18.0 Å². The van der Waals surface area contributed by atoms with Crippen molar-refractivity contribution in [1.82, 2.24) is 10.4 Å². The smallest absolute Gasteiger partial charge is 0.306 e. The molecule has 7 nitrogen and oxygen atoms in total. The van der Waals surface area contributed by atoms with Crippen molar-refractivity contribution in [3.63, 3.8) is 0 Å². The van der Waals surface area contributed by atoms with E-state index in [0.717, 1.165) is 17.2 Å². The average Bonchev–Trinajstić information content (AvgIpc) is 2.99. The molecule has 3 aromatic rings. The van der Waals surface area contributed by atoms with Crippen molar-refractivity contribution >= 4 is 33.1 Å². The number of H-pyrrole nitrogens is 1. The first kappa shape index (κ1) is 16.7. The summed E-state index contributed by atoms with van der Waals surface area (Å²) in [5.74, 6) is -0.117. The Balaban J connectivity index is 1.65. The molecule has 0 unspecified atom stereocenters. The minimum Gasteiger partial charge on any atom is -0.383 e. The van der Waals surface area contributed by atoms with Crippen LogP contribution < -0.4 is 9.61 Å². The quantitative estimate of drug-likeness (QED) is 0.415. The first-order valence-corrected chi connectivity index (χ1v) is 9.13. The van der Waals surface area contributed by atoms with Crippen LogP contribution in [0.4, 0.5) is 0 Å². The van der Waals surface area contributed by atoms with Crippen molar-refractivity contribution < 1.29 is 17.4 Å². The monoisotopic (exact) mass is 357 g/mol. The van der Waals surface area contributed by atoms with E-state index < -0.39 is 10.1 Å². The zero-order valence-corrected chi connectivity index (χ0v) is 14.1. The lowest BCUT2D eigenvalue weighted by Gasteiger charge is -2.02. The third-order valence-corrected chi connectivity index (χ3v) is 3.84. The molecule has 8 heteroatoms. The zero-order chi connectivity index (χ0) is 17.9. The normalized spacial score (nSPS) is 11.7. The van der Waals surface area contributed by atoms with Crippen LogP contribution in [0.5, 0.6) is 5.75 Å². The summed E-state index contributed by atoms with van der Waals surface area (Å²) in [6.45, 7) is 0. The average molecular weight is 357 g/mol. The minimum atomic E-state index is -3.55. The number of hydrazone groups is 1. The van der Waals surface area contributed by atoms with Crippen LogP contribution in [0.15, 0.2) is 59.8 Å². The van der Waals surface area contributed by atoms with Crippen LogP contribution in [0.25, 0.3) is 10.9 Å². The molecule has 0 saturated carbocycles. The summed E-state index contributed by atoms with van der Waals surface area (Å²) in [5, 5.41) is 4.73. The number of aromatic amines is 1. The first-order chi connectivity index (χ1) is 11.9. The Bertz CT molecular complexity index is 1040. The lowest BCUT2D eigenvalue weighted by Crippen LogP contribution is -2.17. The van der Waals surface area contributed by atoms with E-state index in [4.69, 9.17) is 4.18 Å². The first-order valence-electron chi connectivity index (χ1n) is 7.31. The fourth-order valence-corrected chi connectivity index (χ4v) is 2.73. The van der Waals surface area contributed by atoms with Crippen LogP contribution in [0.3, 0.4) is 0 Å². The number of hydrogen-bond donors (Lipinski definition) is 2. The van der Waals surface area contributed by atoms with E-state index >= 15 is 0 Å². The van der Waals surface area contributed by atoms with Gasteiger partial charge in [-0.05, 0) is 35.9 Å². The minimum absolute atomic E-state index is 0.211. The van der Waals surface area contributed by atoms with Crippen molar-refractivity contribution in [2.45, 2.75) is 0 Å². The summed E-state index contributed by atoms with van der Waals surface area (Å²) in [6.07, 6.45) is 4.06. The summed E-state index contributed by atoms with van der Waals surface area (Å²) in [5.41, 5.74) is 4.52. The van der Waals surface area contributed by atoms with E-state index in [0.29, 0.717) is 11.1 Å². The molecule has 0 aliphatic rings. The lowest BCUT2D eigenvalue weighted by molar-refractivity contribution is 0.0957. The molecule has 0 aliphatic carbocycles. The van der Waals surface area contributed by atoms with E-state index in [1.807, 2.05) is 24.3 Å². The van der Waals surface area contributed by atoms with Gasteiger partial charge in [-0.3, -0.25) is 4.79 Å². The molecule has 1 amide bonds. The molecular formula is C17H15N3O4S. The molecule has 128 valence electrons. The maximum atomic E-state index is 12.2. The number of amides is 1. The molecule has 25 heavy (non-hydrogen) atoms. The number of para-hydroxylation sites is 1. The topological polar surface area (TPSA) is 101 Å². The number of fused-ring (bicyclic) bond motifs is 1. The number of aromatic nitrogens is 1. The Morgan fingerprint density at radius 1 is 1.16 bits per heavy atom. The molecule has 0 radical (unpaired) electrons. The Kier molecular flexibility index (Phi) is 4.53. The van der Waals surface area contributed by atoms with Crippen molar-refractivity contribution in [2.24, 2.45) is 5.10 Å². The molecular weight excluding hydrogens is 342 g/mol. The van der Waals surface area contributed by atoms with Crippen molar-refractivity contribution in [1.29, 1.82) is 0 Å². The molecule has 0 aliphatic heterocycles. The van der Waals surface area contributed by atoms with Gasteiger partial charge in [-0.25, -0.2) is 5.43 Å². The molecule has 0 fully saturated rings. The molecule has 0 saturated heterocycles. The summed E-state index contributed by atoms with van der Waals surface area (Å²) >= 11 is 0. The highest BCUT2D eigenvalue weighted by molar-refractivity contribution is 7.86. The second kappa shape index (κ2) is 6.78. The Labute approximate surface area is 144 Å². The highest BCUT2D eigenvalue weighted by Crippen LogP contribution is 2.17. The third-order valence-electron chi connectivity index (χ3n) is 3.34. The molecule has 0 bridgehead atoms. The van der Waals surface area contributed by atoms with Crippen molar-refractivity contribution in [3.05, 3.63) is 65.9 Å². The SMILES string of the molecule is CS(=O)(=O)Oc1ccc(/C=N/NC(=O)c2c[nH]c3ccccc23)cc1. The van der Waals surface area contributed by atoms with Gasteiger partial charge in [0.2, 0.25) is 0 Å². The van der Waals surface area contributed by atoms with Crippen LogP contribution in [0.1, 0.15) is 15.9 Å². The van der Waals surface area contributed by atoms with Gasteiger partial charge in [0.1, 0.15) is 5.75 Å². The fourth-order valence-electron chi connectivity index (χ4n) is 2.27. The number of hydrogen-bond acceptors (Lipinski definition) is 5. The molecule has 2 N–H and O–H groups in total. The van der Waals surface area contributed by atoms with Gasteiger partial charge in [-0.15, -0.1) is 0 Å². The Morgan fingerprint density at radius 3 is 2.60 bits per heavy atom. The molecule has 3 rings (SSSR count). The van der Waals surface area contributed by atoms with Crippen LogP contribution >= 0.6 is 0 Å². The highest BCUT2D eigenvalue weighted by Gasteiger charge is 2.10. The van der Waals surface area contributed by atoms with Gasteiger partial charge in [0.25, 0.3) is 5.91 Å². The maximum absolute atomic E-state index is 12.2. The Hall–Kier alpha value is -3.13. The van der Waals surface area contributed by atoms with Crippen molar-refractivity contribution in [2.75, 3.05) is 6.26 Å². The van der Waals surface area contributed by atoms with Crippen LogP contribution in [0, 0.1) is 0 Å². The predicted molar refractivity (Wildman–Crippen MR) is 95.3 cm³/mol. The van der Waals surface area contributed by atoms with Gasteiger partial charge in [0, 0.05) is 17.1 Å². The Morgan fingerprint density at radius 2 is 1.88 bits per heavy atom. The molecule has 0 spiro atoms. The van der Waals surface area contributed by atoms with E-state index in [1.54, 1.807) is 18.3 Å². The second-order valence-corrected chi connectivity index (χ2v) is 6.88. The largest absolute Gasteiger partial charge is 0.383 e. The van der Waals surface area contributed by atoms with Gasteiger partial charge in [0.15, 0.2) is 0 Å². The zero-order valence-electron chi connectivity index (χ0n) is 13.3. The summed E-state index contributed by atoms with van der Waals surface area (Å²) < 4.78 is 26.8. The number of carbonyl (C=O) groups is 1. The predicted octanol–water partition coefficient (Wildman–Crippen LogP) is 2.27. The molecule has 1 heterocycles. The van der Waals surface area contributed by atoms with Gasteiger partial charge >= 0.3 is 10.1 Å². The van der Waals surface area contributed by atoms with Crippen LogP contribution in [-0.4, -0.2) is 31.8 Å². The lowest BCUT2D eigenvalue weighted by atomic mass is 10.2. The summed E-state index contributed by atoms with van der Waals surface area (Å²) in [4.78, 5) is 15.2. The van der Waals surface area contributed by atoms with Crippen molar-refractivity contribution in [3.8, 4) is 5.75 Å². The van der Waals surface area contributed by atoms with E-state index in [9.17, 15) is 13.2 Å². The number of nitrogens with zero attached hydrogens (tertiary/aromatic N) is 1. The fraction of sp³-hybridized carbons (Fsp3) is 0.0588. The number of benzene rings is 2. The standard InChI is InChI=1S/C17H15N3O4S/c1-25(22,23)24-13-8-6-12(7-9-13)10-19-20-17(21)15-11-18-16-5-3-2-4-14(15)16/h2-11,18H,1H3,(H,20,21)/b19-10+. The van der Waals surface area contributed by atoms with E-state index in [2.05, 4.69) is 15.5 Å². The summed E-state index contributed by atoms with van der Waals surface area (Å²) in [7, 11) is -3.55. The van der Waals surface area contributed by atoms with E-state index in [-0.39, 0.29) is 11.7 Å². The van der Waals surface area contributed by atoms with Gasteiger partial charge in [-0.1, -0.05) is 18.2 Å². The van der Waals surface area contributed by atoms with E-state index in [1.165, 1.54) is 18.3 Å². The second-order valence-electron chi connectivity index (χ2n) is 5.30. The number of carbonyl (C=O) groups excluding carboxylic acids is 1. The van der Waals surface area contributed by atoms with Crippen LogP contribution in [-0.2, 0) is 10.1 Å². The molecule has 2 aromatic carbocycles.